The third-order valence-corrected chi connectivity index (χ3v) is 3.74. The summed E-state index contributed by atoms with van der Waals surface area (Å²) in [5.74, 6) is 0.524. The molecule has 1 saturated heterocycles. The van der Waals surface area contributed by atoms with Crippen LogP contribution in [0.3, 0.4) is 0 Å². The van der Waals surface area contributed by atoms with Gasteiger partial charge in [0.2, 0.25) is 6.20 Å². The van der Waals surface area contributed by atoms with E-state index in [1.54, 1.807) is 18.2 Å². The molecule has 1 aromatic heterocycles. The maximum Gasteiger partial charge on any atom is 0.422 e. The number of hydrogen-bond donors (Lipinski definition) is 1. The smallest absolute Gasteiger partial charge is 0.422 e. The maximum absolute atomic E-state index is 12.2. The second-order valence-electron chi connectivity index (χ2n) is 5.95. The lowest BCUT2D eigenvalue weighted by molar-refractivity contribution is -0.904. The van der Waals surface area contributed by atoms with Gasteiger partial charge in [-0.2, -0.15) is 13.2 Å². The highest BCUT2D eigenvalue weighted by Gasteiger charge is 2.28. The molecule has 1 fully saturated rings. The van der Waals surface area contributed by atoms with Gasteiger partial charge in [0.1, 0.15) is 18.5 Å². The molecule has 1 aliphatic rings. The van der Waals surface area contributed by atoms with E-state index in [2.05, 4.69) is 4.74 Å². The zero-order valence-corrected chi connectivity index (χ0v) is 14.3. The van der Waals surface area contributed by atoms with Gasteiger partial charge in [-0.1, -0.05) is 12.1 Å². The third-order valence-electron chi connectivity index (χ3n) is 3.74. The van der Waals surface area contributed by atoms with Crippen LogP contribution >= 0.6 is 0 Å². The molecular weight excluding hydrogens is 367 g/mol. The van der Waals surface area contributed by atoms with Gasteiger partial charge in [-0.15, -0.1) is 0 Å². The molecule has 1 aromatic carbocycles. The van der Waals surface area contributed by atoms with E-state index in [-0.39, 0.29) is 18.5 Å². The van der Waals surface area contributed by atoms with Crippen LogP contribution < -0.4 is 14.2 Å². The molecule has 6 nitrogen and oxygen atoms in total. The van der Waals surface area contributed by atoms with Crippen molar-refractivity contribution in [3.8, 4) is 22.6 Å². The van der Waals surface area contributed by atoms with Crippen LogP contribution in [0.25, 0.3) is 11.1 Å². The van der Waals surface area contributed by atoms with Crippen molar-refractivity contribution in [2.24, 2.45) is 0 Å². The van der Waals surface area contributed by atoms with Crippen molar-refractivity contribution >= 4 is 0 Å². The zero-order chi connectivity index (χ0) is 19.3. The molecule has 146 valence electrons. The Hall–Kier alpha value is -2.52. The molecule has 0 radical (unpaired) electrons. The Morgan fingerprint density at radius 1 is 1.04 bits per heavy atom. The topological polar surface area (TPSA) is 61.0 Å². The van der Waals surface area contributed by atoms with Gasteiger partial charge < -0.3 is 18.9 Å². The Labute approximate surface area is 153 Å². The lowest BCUT2D eigenvalue weighted by Gasteiger charge is -2.22. The summed E-state index contributed by atoms with van der Waals surface area (Å²) in [6.45, 7) is 0.438. The van der Waals surface area contributed by atoms with E-state index < -0.39 is 12.8 Å². The Morgan fingerprint density at radius 2 is 1.81 bits per heavy atom. The van der Waals surface area contributed by atoms with E-state index in [0.29, 0.717) is 36.7 Å². The van der Waals surface area contributed by atoms with Crippen LogP contribution in [0.4, 0.5) is 13.2 Å². The summed E-state index contributed by atoms with van der Waals surface area (Å²) in [6.07, 6.45) is -1.72. The molecule has 0 bridgehead atoms. The fourth-order valence-corrected chi connectivity index (χ4v) is 2.51. The summed E-state index contributed by atoms with van der Waals surface area (Å²) in [7, 11) is 0. The normalized spacial score (nSPS) is 17.5. The molecule has 0 unspecified atom stereocenters. The number of pyridine rings is 1. The molecule has 0 aliphatic carbocycles. The molecule has 2 heterocycles. The first kappa shape index (κ1) is 19.2. The van der Waals surface area contributed by atoms with Crippen molar-refractivity contribution in [3.05, 3.63) is 42.7 Å². The molecule has 1 aliphatic heterocycles. The number of rotatable bonds is 6. The van der Waals surface area contributed by atoms with Crippen molar-refractivity contribution in [3.63, 3.8) is 0 Å². The van der Waals surface area contributed by atoms with Crippen molar-refractivity contribution in [1.29, 1.82) is 0 Å². The van der Waals surface area contributed by atoms with Gasteiger partial charge in [0, 0.05) is 10.8 Å². The van der Waals surface area contributed by atoms with Gasteiger partial charge in [-0.05, 0) is 17.7 Å². The van der Waals surface area contributed by atoms with Crippen LogP contribution in [0.5, 0.6) is 11.5 Å². The van der Waals surface area contributed by atoms with Crippen LogP contribution in [-0.4, -0.2) is 50.5 Å². The fourth-order valence-electron chi connectivity index (χ4n) is 2.51. The molecule has 1 atom stereocenters. The van der Waals surface area contributed by atoms with E-state index in [1.165, 1.54) is 24.5 Å². The average molecular weight is 386 g/mol. The molecule has 0 spiro atoms. The zero-order valence-electron chi connectivity index (χ0n) is 14.3. The van der Waals surface area contributed by atoms with Crippen molar-refractivity contribution in [1.82, 2.24) is 0 Å². The summed E-state index contributed by atoms with van der Waals surface area (Å²) in [5.41, 5.74) is 1.30. The summed E-state index contributed by atoms with van der Waals surface area (Å²) in [5, 5.41) is 9.85. The number of benzene rings is 1. The van der Waals surface area contributed by atoms with E-state index >= 15 is 0 Å². The first-order chi connectivity index (χ1) is 12.9. The largest absolute Gasteiger partial charge is 0.484 e. The van der Waals surface area contributed by atoms with Crippen LogP contribution in [-0.2, 0) is 9.47 Å². The SMILES string of the molecule is O[n+]1cc(OC[C@H]2COCCO2)cc(-c2ccc(OCC(F)(F)F)cc2)c1. The molecular formula is C18H19F3NO5+. The first-order valence-electron chi connectivity index (χ1n) is 8.27. The number of ether oxygens (including phenoxy) is 4. The third kappa shape index (κ3) is 6.00. The van der Waals surface area contributed by atoms with Crippen LogP contribution in [0.1, 0.15) is 0 Å². The summed E-state index contributed by atoms with van der Waals surface area (Å²) in [6, 6.07) is 7.78. The van der Waals surface area contributed by atoms with Gasteiger partial charge in [-0.25, -0.2) is 0 Å². The maximum atomic E-state index is 12.2. The van der Waals surface area contributed by atoms with E-state index in [4.69, 9.17) is 14.2 Å². The molecule has 1 N–H and O–H groups in total. The Bertz CT molecular complexity index is 746. The highest BCUT2D eigenvalue weighted by molar-refractivity contribution is 5.63. The Balaban J connectivity index is 1.66. The predicted molar refractivity (Wildman–Crippen MR) is 86.9 cm³/mol. The molecule has 27 heavy (non-hydrogen) atoms. The van der Waals surface area contributed by atoms with Gasteiger partial charge in [0.25, 0.3) is 6.20 Å². The summed E-state index contributed by atoms with van der Waals surface area (Å²) < 4.78 is 58.6. The van der Waals surface area contributed by atoms with Gasteiger partial charge >= 0.3 is 6.18 Å². The van der Waals surface area contributed by atoms with E-state index in [1.807, 2.05) is 0 Å². The minimum atomic E-state index is -4.39. The van der Waals surface area contributed by atoms with E-state index in [0.717, 1.165) is 4.73 Å². The standard InChI is InChI=1S/C18H19F3NO5/c19-18(20,21)12-27-15-3-1-13(2-4-15)14-7-16(9-22(23)8-14)26-11-17-10-24-5-6-25-17/h1-4,7-9,17,23H,5-6,10-12H2/q+1/t17-/m1/s1. The quantitative estimate of drug-likeness (QED) is 0.611. The predicted octanol–water partition coefficient (Wildman–Crippen LogP) is 2.61. The van der Waals surface area contributed by atoms with E-state index in [9.17, 15) is 18.4 Å². The first-order valence-corrected chi connectivity index (χ1v) is 8.27. The molecule has 0 saturated carbocycles. The van der Waals surface area contributed by atoms with Crippen molar-refractivity contribution in [2.45, 2.75) is 12.3 Å². The van der Waals surface area contributed by atoms with Crippen molar-refractivity contribution < 1.29 is 42.1 Å². The highest BCUT2D eigenvalue weighted by atomic mass is 19.4. The molecule has 9 heteroatoms. The minimum Gasteiger partial charge on any atom is -0.484 e. The Kier molecular flexibility index (Phi) is 6.02. The molecule has 2 aromatic rings. The lowest BCUT2D eigenvalue weighted by atomic mass is 10.1. The number of halogens is 3. The van der Waals surface area contributed by atoms with Gasteiger partial charge in [-0.3, -0.25) is 5.21 Å². The molecule has 3 rings (SSSR count). The monoisotopic (exact) mass is 386 g/mol. The van der Waals surface area contributed by atoms with Crippen LogP contribution in [0.15, 0.2) is 42.7 Å². The fraction of sp³-hybridized carbons (Fsp3) is 0.389. The minimum absolute atomic E-state index is 0.106. The number of nitrogens with zero attached hydrogens (tertiary/aromatic N) is 1. The van der Waals surface area contributed by atoms with Gasteiger partial charge in [0.05, 0.1) is 25.4 Å². The van der Waals surface area contributed by atoms with Crippen LogP contribution in [0, 0.1) is 0 Å². The van der Waals surface area contributed by atoms with Gasteiger partial charge in [0.15, 0.2) is 12.4 Å². The van der Waals surface area contributed by atoms with Crippen LogP contribution in [0.2, 0.25) is 0 Å². The summed E-state index contributed by atoms with van der Waals surface area (Å²) in [4.78, 5) is 0. The highest BCUT2D eigenvalue weighted by Crippen LogP contribution is 2.25. The lowest BCUT2D eigenvalue weighted by Crippen LogP contribution is -2.34. The number of hydrogen-bond acceptors (Lipinski definition) is 5. The summed E-state index contributed by atoms with van der Waals surface area (Å²) >= 11 is 0. The average Bonchev–Trinajstić information content (AvgIpc) is 2.65. The van der Waals surface area contributed by atoms with Crippen molar-refractivity contribution in [2.75, 3.05) is 33.0 Å². The number of alkyl halides is 3. The number of aromatic nitrogens is 1. The molecule has 0 amide bonds. The second-order valence-corrected chi connectivity index (χ2v) is 5.95. The second kappa shape index (κ2) is 8.45. The Morgan fingerprint density at radius 3 is 2.48 bits per heavy atom.